The second kappa shape index (κ2) is 5.20. The molecule has 7 nitrogen and oxygen atoms in total. The third-order valence-corrected chi connectivity index (χ3v) is 4.10. The molecule has 5 heterocycles. The van der Waals surface area contributed by atoms with Crippen LogP contribution in [0.1, 0.15) is 5.69 Å². The molecular formula is C18H13N7. The SMILES string of the molecule is Cc1cc(Nc2c3cnccc3nc3c2nc2cnccn23)ccn1. The normalized spacial score (nSPS) is 11.4. The van der Waals surface area contributed by atoms with Gasteiger partial charge in [0.15, 0.2) is 11.3 Å². The molecule has 0 saturated carbocycles. The molecule has 0 radical (unpaired) electrons. The van der Waals surface area contributed by atoms with Crippen LogP contribution >= 0.6 is 0 Å². The van der Waals surface area contributed by atoms with Crippen LogP contribution in [0.4, 0.5) is 11.4 Å². The summed E-state index contributed by atoms with van der Waals surface area (Å²) in [5, 5.41) is 4.39. The summed E-state index contributed by atoms with van der Waals surface area (Å²) in [7, 11) is 0. The van der Waals surface area contributed by atoms with E-state index in [1.54, 1.807) is 31.0 Å². The standard InChI is InChI=1S/C18H13N7/c1-11-8-12(2-5-21-11)22-16-13-9-19-4-3-14(13)23-18-17(16)24-15-10-20-6-7-25(15)18/h2-10H,1H3,(H,21,22,23). The van der Waals surface area contributed by atoms with Crippen molar-refractivity contribution in [3.63, 3.8) is 0 Å². The van der Waals surface area contributed by atoms with Crippen molar-refractivity contribution in [1.82, 2.24) is 29.3 Å². The summed E-state index contributed by atoms with van der Waals surface area (Å²) in [4.78, 5) is 22.1. The molecule has 0 spiro atoms. The molecule has 120 valence electrons. The van der Waals surface area contributed by atoms with Crippen molar-refractivity contribution in [3.05, 3.63) is 61.1 Å². The van der Waals surface area contributed by atoms with Crippen molar-refractivity contribution in [2.24, 2.45) is 0 Å². The van der Waals surface area contributed by atoms with Gasteiger partial charge in [0.2, 0.25) is 0 Å². The second-order valence-electron chi connectivity index (χ2n) is 5.78. The van der Waals surface area contributed by atoms with E-state index in [1.807, 2.05) is 35.7 Å². The minimum absolute atomic E-state index is 0.752. The highest BCUT2D eigenvalue weighted by atomic mass is 15.1. The van der Waals surface area contributed by atoms with E-state index in [1.165, 1.54) is 0 Å². The molecule has 1 N–H and O–H groups in total. The van der Waals surface area contributed by atoms with Crippen molar-refractivity contribution < 1.29 is 0 Å². The van der Waals surface area contributed by atoms with Crippen LogP contribution in [0.3, 0.4) is 0 Å². The summed E-state index contributed by atoms with van der Waals surface area (Å²) >= 11 is 0. The maximum absolute atomic E-state index is 4.77. The summed E-state index contributed by atoms with van der Waals surface area (Å²) in [6.45, 7) is 1.96. The van der Waals surface area contributed by atoms with Gasteiger partial charge in [-0.2, -0.15) is 0 Å². The molecule has 0 unspecified atom stereocenters. The lowest BCUT2D eigenvalue weighted by Crippen LogP contribution is -1.97. The molecule has 0 atom stereocenters. The lowest BCUT2D eigenvalue weighted by Gasteiger charge is -2.10. The van der Waals surface area contributed by atoms with Gasteiger partial charge in [0.25, 0.3) is 0 Å². The summed E-state index contributed by atoms with van der Waals surface area (Å²) in [6, 6.07) is 5.82. The molecule has 7 heteroatoms. The van der Waals surface area contributed by atoms with Crippen molar-refractivity contribution in [2.45, 2.75) is 6.92 Å². The number of anilines is 2. The monoisotopic (exact) mass is 327 g/mol. The van der Waals surface area contributed by atoms with Gasteiger partial charge in [0, 0.05) is 47.8 Å². The highest BCUT2D eigenvalue weighted by molar-refractivity contribution is 6.06. The number of nitrogens with one attached hydrogen (secondary N) is 1. The Kier molecular flexibility index (Phi) is 2.87. The van der Waals surface area contributed by atoms with Gasteiger partial charge in [-0.05, 0) is 25.1 Å². The molecule has 0 aliphatic heterocycles. The minimum atomic E-state index is 0.752. The van der Waals surface area contributed by atoms with Crippen LogP contribution < -0.4 is 5.32 Å². The molecule has 25 heavy (non-hydrogen) atoms. The highest BCUT2D eigenvalue weighted by Crippen LogP contribution is 2.32. The smallest absolute Gasteiger partial charge is 0.167 e. The number of aryl methyl sites for hydroxylation is 1. The van der Waals surface area contributed by atoms with Crippen molar-refractivity contribution in [2.75, 3.05) is 5.32 Å². The third kappa shape index (κ3) is 2.17. The molecule has 0 aromatic carbocycles. The van der Waals surface area contributed by atoms with E-state index in [0.29, 0.717) is 0 Å². The van der Waals surface area contributed by atoms with Crippen LogP contribution in [0.15, 0.2) is 55.4 Å². The first kappa shape index (κ1) is 13.8. The average molecular weight is 327 g/mol. The number of hydrogen-bond acceptors (Lipinski definition) is 6. The number of hydrogen-bond donors (Lipinski definition) is 1. The van der Waals surface area contributed by atoms with Crippen molar-refractivity contribution in [1.29, 1.82) is 0 Å². The number of aromatic nitrogens is 6. The molecule has 5 rings (SSSR count). The molecule has 0 amide bonds. The fourth-order valence-electron chi connectivity index (χ4n) is 2.98. The summed E-state index contributed by atoms with van der Waals surface area (Å²) in [5.74, 6) is 0. The van der Waals surface area contributed by atoms with E-state index >= 15 is 0 Å². The molecular weight excluding hydrogens is 314 g/mol. The number of pyridine rings is 3. The predicted molar refractivity (Wildman–Crippen MR) is 95.8 cm³/mol. The third-order valence-electron chi connectivity index (χ3n) is 4.10. The first-order valence-electron chi connectivity index (χ1n) is 7.85. The zero-order chi connectivity index (χ0) is 16.8. The first-order chi connectivity index (χ1) is 12.3. The summed E-state index contributed by atoms with van der Waals surface area (Å²) < 4.78 is 1.94. The van der Waals surface area contributed by atoms with Gasteiger partial charge in [-0.3, -0.25) is 19.4 Å². The fourth-order valence-corrected chi connectivity index (χ4v) is 2.98. The topological polar surface area (TPSA) is 80.9 Å². The van der Waals surface area contributed by atoms with E-state index in [4.69, 9.17) is 9.97 Å². The Morgan fingerprint density at radius 2 is 1.92 bits per heavy atom. The Labute approximate surface area is 142 Å². The second-order valence-corrected chi connectivity index (χ2v) is 5.78. The van der Waals surface area contributed by atoms with Gasteiger partial charge in [-0.1, -0.05) is 0 Å². The van der Waals surface area contributed by atoms with Gasteiger partial charge in [0.05, 0.1) is 17.4 Å². The minimum Gasteiger partial charge on any atom is -0.353 e. The summed E-state index contributed by atoms with van der Waals surface area (Å²) in [6.07, 6.45) is 10.7. The van der Waals surface area contributed by atoms with Crippen LogP contribution in [-0.2, 0) is 0 Å². The molecule has 0 aliphatic rings. The van der Waals surface area contributed by atoms with Crippen LogP contribution in [0, 0.1) is 6.92 Å². The van der Waals surface area contributed by atoms with Gasteiger partial charge in [-0.15, -0.1) is 0 Å². The van der Waals surface area contributed by atoms with Crippen LogP contribution in [0.2, 0.25) is 0 Å². The number of imidazole rings is 1. The molecule has 0 saturated heterocycles. The van der Waals surface area contributed by atoms with Crippen LogP contribution in [-0.4, -0.2) is 29.3 Å². The number of fused-ring (bicyclic) bond motifs is 4. The van der Waals surface area contributed by atoms with Gasteiger partial charge < -0.3 is 5.32 Å². The Hall–Kier alpha value is -3.61. The van der Waals surface area contributed by atoms with Crippen molar-refractivity contribution >= 4 is 39.1 Å². The van der Waals surface area contributed by atoms with Crippen LogP contribution in [0.25, 0.3) is 27.7 Å². The lowest BCUT2D eigenvalue weighted by molar-refractivity contribution is 1.14. The molecule has 0 fully saturated rings. The van der Waals surface area contributed by atoms with E-state index in [-0.39, 0.29) is 0 Å². The lowest BCUT2D eigenvalue weighted by atomic mass is 10.2. The van der Waals surface area contributed by atoms with Gasteiger partial charge >= 0.3 is 0 Å². The summed E-state index contributed by atoms with van der Waals surface area (Å²) in [5.41, 5.74) is 5.93. The Balaban J connectivity index is 1.86. The molecule has 5 aromatic heterocycles. The number of nitrogens with zero attached hydrogens (tertiary/aromatic N) is 6. The predicted octanol–water partition coefficient (Wildman–Crippen LogP) is 3.27. The van der Waals surface area contributed by atoms with Gasteiger partial charge in [-0.25, -0.2) is 9.97 Å². The first-order valence-corrected chi connectivity index (χ1v) is 7.85. The quantitative estimate of drug-likeness (QED) is 0.536. The van der Waals surface area contributed by atoms with E-state index < -0.39 is 0 Å². The Morgan fingerprint density at radius 3 is 2.84 bits per heavy atom. The van der Waals surface area contributed by atoms with E-state index in [0.717, 1.165) is 44.8 Å². The average Bonchev–Trinajstić information content (AvgIpc) is 3.00. The van der Waals surface area contributed by atoms with E-state index in [9.17, 15) is 0 Å². The van der Waals surface area contributed by atoms with E-state index in [2.05, 4.69) is 20.3 Å². The van der Waals surface area contributed by atoms with Crippen molar-refractivity contribution in [3.8, 4) is 0 Å². The molecule has 5 aromatic rings. The zero-order valence-corrected chi connectivity index (χ0v) is 13.4. The maximum Gasteiger partial charge on any atom is 0.167 e. The molecule has 0 aliphatic carbocycles. The molecule has 0 bridgehead atoms. The zero-order valence-electron chi connectivity index (χ0n) is 13.4. The maximum atomic E-state index is 4.77. The van der Waals surface area contributed by atoms with Crippen LogP contribution in [0.5, 0.6) is 0 Å². The largest absolute Gasteiger partial charge is 0.353 e. The Morgan fingerprint density at radius 1 is 1.00 bits per heavy atom. The highest BCUT2D eigenvalue weighted by Gasteiger charge is 2.15. The number of rotatable bonds is 2. The fraction of sp³-hybridized carbons (Fsp3) is 0.0556. The van der Waals surface area contributed by atoms with Gasteiger partial charge in [0.1, 0.15) is 5.52 Å². The Bertz CT molecular complexity index is 1240.